The lowest BCUT2D eigenvalue weighted by atomic mass is 9.58. The molecule has 1 amide bonds. The van der Waals surface area contributed by atoms with Gasteiger partial charge in [0.1, 0.15) is 0 Å². The molecule has 1 aliphatic rings. The maximum absolute atomic E-state index is 12.6. The average molecular weight is 340 g/mol. The molecule has 0 aliphatic heterocycles. The minimum Gasteiger partial charge on any atom is -0.380 e. The monoisotopic (exact) mass is 340 g/mol. The van der Waals surface area contributed by atoms with Crippen molar-refractivity contribution in [2.24, 2.45) is 11.3 Å². The number of amides is 1. The third-order valence-electron chi connectivity index (χ3n) is 4.56. The Labute approximate surface area is 137 Å². The van der Waals surface area contributed by atoms with Crippen LogP contribution in [0, 0.1) is 11.3 Å². The minimum absolute atomic E-state index is 0.0253. The zero-order valence-electron chi connectivity index (χ0n) is 14.1. The van der Waals surface area contributed by atoms with Crippen LogP contribution in [0.3, 0.4) is 0 Å². The predicted octanol–water partition coefficient (Wildman–Crippen LogP) is 1.98. The van der Waals surface area contributed by atoms with E-state index in [1.807, 2.05) is 20.8 Å². The van der Waals surface area contributed by atoms with Crippen LogP contribution in [0.1, 0.15) is 27.7 Å². The summed E-state index contributed by atoms with van der Waals surface area (Å²) in [7, 11) is -1.97. The maximum Gasteiger partial charge on any atom is 0.240 e. The third-order valence-corrected chi connectivity index (χ3v) is 6.02. The molecule has 0 radical (unpaired) electrons. The summed E-state index contributed by atoms with van der Waals surface area (Å²) in [6, 6.07) is 5.93. The van der Waals surface area contributed by atoms with Gasteiger partial charge in [-0.15, -0.1) is 0 Å². The Morgan fingerprint density at radius 2 is 1.78 bits per heavy atom. The van der Waals surface area contributed by atoms with Gasteiger partial charge in [-0.1, -0.05) is 20.8 Å². The van der Waals surface area contributed by atoms with Gasteiger partial charge in [0.2, 0.25) is 15.9 Å². The van der Waals surface area contributed by atoms with Crippen molar-refractivity contribution in [2.45, 2.75) is 44.7 Å². The van der Waals surface area contributed by atoms with E-state index in [0.717, 1.165) is 0 Å². The van der Waals surface area contributed by atoms with Gasteiger partial charge in [0.05, 0.1) is 11.0 Å². The summed E-state index contributed by atoms with van der Waals surface area (Å²) in [6.07, 6.45) is 0.0253. The average Bonchev–Trinajstić information content (AvgIpc) is 2.45. The SMILES string of the molecule is COC1C(C)C(NS(=O)(=O)c2ccc(NC(C)=O)cc2)C1(C)C. The van der Waals surface area contributed by atoms with Crippen molar-refractivity contribution in [3.05, 3.63) is 24.3 Å². The van der Waals surface area contributed by atoms with Crippen LogP contribution in [-0.2, 0) is 19.6 Å². The molecule has 0 bridgehead atoms. The van der Waals surface area contributed by atoms with Crippen LogP contribution in [-0.4, -0.2) is 33.6 Å². The number of sulfonamides is 1. The van der Waals surface area contributed by atoms with Crippen LogP contribution in [0.15, 0.2) is 29.2 Å². The molecule has 2 N–H and O–H groups in total. The van der Waals surface area contributed by atoms with Crippen molar-refractivity contribution in [3.63, 3.8) is 0 Å². The van der Waals surface area contributed by atoms with E-state index in [-0.39, 0.29) is 34.3 Å². The number of ether oxygens (including phenoxy) is 1. The number of rotatable bonds is 5. The van der Waals surface area contributed by atoms with Gasteiger partial charge >= 0.3 is 0 Å². The maximum atomic E-state index is 12.6. The Kier molecular flexibility index (Phi) is 4.84. The molecule has 0 saturated heterocycles. The van der Waals surface area contributed by atoms with E-state index in [0.29, 0.717) is 5.69 Å². The van der Waals surface area contributed by atoms with E-state index in [1.165, 1.54) is 19.1 Å². The van der Waals surface area contributed by atoms with Gasteiger partial charge < -0.3 is 10.1 Å². The number of nitrogens with one attached hydrogen (secondary N) is 2. The molecule has 1 aromatic rings. The molecule has 3 unspecified atom stereocenters. The van der Waals surface area contributed by atoms with Crippen LogP contribution >= 0.6 is 0 Å². The number of methoxy groups -OCH3 is 1. The summed E-state index contributed by atoms with van der Waals surface area (Å²) in [6.45, 7) is 7.37. The number of carbonyl (C=O) groups is 1. The highest BCUT2D eigenvalue weighted by molar-refractivity contribution is 7.89. The van der Waals surface area contributed by atoms with Crippen LogP contribution in [0.5, 0.6) is 0 Å². The zero-order valence-corrected chi connectivity index (χ0v) is 14.9. The Balaban J connectivity index is 2.15. The number of benzene rings is 1. The van der Waals surface area contributed by atoms with E-state index in [9.17, 15) is 13.2 Å². The fraction of sp³-hybridized carbons (Fsp3) is 0.562. The highest BCUT2D eigenvalue weighted by Crippen LogP contribution is 2.47. The summed E-state index contributed by atoms with van der Waals surface area (Å²) >= 11 is 0. The van der Waals surface area contributed by atoms with Gasteiger partial charge in [-0.3, -0.25) is 4.79 Å². The normalized spacial score (nSPS) is 26.4. The second kappa shape index (κ2) is 6.22. The molecular formula is C16H24N2O4S. The summed E-state index contributed by atoms with van der Waals surface area (Å²) in [5, 5.41) is 2.61. The lowest BCUT2D eigenvalue weighted by Gasteiger charge is -2.56. The van der Waals surface area contributed by atoms with Crippen molar-refractivity contribution in [3.8, 4) is 0 Å². The first-order valence-electron chi connectivity index (χ1n) is 7.52. The molecular weight excluding hydrogens is 316 g/mol. The smallest absolute Gasteiger partial charge is 0.240 e. The number of anilines is 1. The minimum atomic E-state index is -3.62. The third kappa shape index (κ3) is 3.41. The number of hydrogen-bond acceptors (Lipinski definition) is 4. The van der Waals surface area contributed by atoms with Crippen molar-refractivity contribution in [2.75, 3.05) is 12.4 Å². The standard InChI is InChI=1S/C16H24N2O4S/c1-10-14(16(3,4)15(10)22-5)18-23(20,21)13-8-6-12(7-9-13)17-11(2)19/h6-10,14-15,18H,1-5H3,(H,17,19). The Bertz CT molecular complexity index is 683. The second-order valence-electron chi connectivity index (χ2n) is 6.64. The highest BCUT2D eigenvalue weighted by Gasteiger charge is 2.55. The summed E-state index contributed by atoms with van der Waals surface area (Å²) in [4.78, 5) is 11.2. The second-order valence-corrected chi connectivity index (χ2v) is 8.36. The molecule has 1 aliphatic carbocycles. The molecule has 6 nitrogen and oxygen atoms in total. The Morgan fingerprint density at radius 3 is 2.22 bits per heavy atom. The van der Waals surface area contributed by atoms with Crippen molar-refractivity contribution in [1.82, 2.24) is 4.72 Å². The molecule has 0 spiro atoms. The number of hydrogen-bond donors (Lipinski definition) is 2. The number of carbonyl (C=O) groups excluding carboxylic acids is 1. The first kappa shape index (κ1) is 17.9. The van der Waals surface area contributed by atoms with Crippen LogP contribution in [0.25, 0.3) is 0 Å². The van der Waals surface area contributed by atoms with Gasteiger partial charge in [-0.05, 0) is 30.2 Å². The summed E-state index contributed by atoms with van der Waals surface area (Å²) < 4.78 is 33.3. The molecule has 3 atom stereocenters. The van der Waals surface area contributed by atoms with E-state index in [2.05, 4.69) is 10.0 Å². The van der Waals surface area contributed by atoms with Crippen molar-refractivity contribution in [1.29, 1.82) is 0 Å². The lowest BCUT2D eigenvalue weighted by Crippen LogP contribution is -2.67. The van der Waals surface area contributed by atoms with E-state index < -0.39 is 10.0 Å². The Morgan fingerprint density at radius 1 is 1.22 bits per heavy atom. The first-order chi connectivity index (χ1) is 10.6. The van der Waals surface area contributed by atoms with Gasteiger partial charge in [-0.25, -0.2) is 13.1 Å². The van der Waals surface area contributed by atoms with Crippen molar-refractivity contribution < 1.29 is 17.9 Å². The molecule has 23 heavy (non-hydrogen) atoms. The molecule has 0 heterocycles. The van der Waals surface area contributed by atoms with Gasteiger partial charge in [0.15, 0.2) is 0 Å². The topological polar surface area (TPSA) is 84.5 Å². The molecule has 7 heteroatoms. The molecule has 1 fully saturated rings. The van der Waals surface area contributed by atoms with Gasteiger partial charge in [-0.2, -0.15) is 0 Å². The van der Waals surface area contributed by atoms with Gasteiger partial charge in [0.25, 0.3) is 0 Å². The molecule has 128 valence electrons. The predicted molar refractivity (Wildman–Crippen MR) is 88.6 cm³/mol. The molecule has 1 aromatic carbocycles. The van der Waals surface area contributed by atoms with Crippen LogP contribution < -0.4 is 10.0 Å². The molecule has 1 saturated carbocycles. The van der Waals surface area contributed by atoms with E-state index in [1.54, 1.807) is 19.2 Å². The highest BCUT2D eigenvalue weighted by atomic mass is 32.2. The van der Waals surface area contributed by atoms with Crippen LogP contribution in [0.4, 0.5) is 5.69 Å². The summed E-state index contributed by atoms with van der Waals surface area (Å²) in [5.74, 6) is -0.0993. The van der Waals surface area contributed by atoms with Gasteiger partial charge in [0, 0.05) is 31.2 Å². The lowest BCUT2D eigenvalue weighted by molar-refractivity contribution is -0.138. The summed E-state index contributed by atoms with van der Waals surface area (Å²) in [5.41, 5.74) is 0.297. The fourth-order valence-electron chi connectivity index (χ4n) is 3.52. The van der Waals surface area contributed by atoms with Crippen LogP contribution in [0.2, 0.25) is 0 Å². The largest absolute Gasteiger partial charge is 0.380 e. The van der Waals surface area contributed by atoms with E-state index >= 15 is 0 Å². The molecule has 0 aromatic heterocycles. The van der Waals surface area contributed by atoms with E-state index in [4.69, 9.17) is 4.74 Å². The zero-order chi connectivity index (χ0) is 17.4. The Hall–Kier alpha value is -1.44. The van der Waals surface area contributed by atoms with Crippen molar-refractivity contribution >= 4 is 21.6 Å². The fourth-order valence-corrected chi connectivity index (χ4v) is 5.00. The molecule has 2 rings (SSSR count). The first-order valence-corrected chi connectivity index (χ1v) is 9.00. The quantitative estimate of drug-likeness (QED) is 0.858.